The molecule has 2 aliphatic rings. The molecule has 104 valence electrons. The van der Waals surface area contributed by atoms with Gasteiger partial charge in [-0.25, -0.2) is 0 Å². The number of halogens is 1. The van der Waals surface area contributed by atoms with Gasteiger partial charge in [-0.05, 0) is 59.5 Å². The molecule has 19 heavy (non-hydrogen) atoms. The Hall–Kier alpha value is -0.770. The summed E-state index contributed by atoms with van der Waals surface area (Å²) < 4.78 is 3.12. The molecule has 4 heteroatoms. The number of aromatic nitrogens is 1. The molecule has 0 spiro atoms. The van der Waals surface area contributed by atoms with Crippen LogP contribution < -0.4 is 5.32 Å². The van der Waals surface area contributed by atoms with Crippen molar-refractivity contribution in [2.45, 2.75) is 51.5 Å². The van der Waals surface area contributed by atoms with Gasteiger partial charge in [-0.15, -0.1) is 0 Å². The summed E-state index contributed by atoms with van der Waals surface area (Å²) in [5.74, 6) is 0.0809. The monoisotopic (exact) mass is 324 g/mol. The molecule has 1 N–H and O–H groups in total. The average molecular weight is 325 g/mol. The highest BCUT2D eigenvalue weighted by Crippen LogP contribution is 2.43. The Morgan fingerprint density at radius 1 is 1.53 bits per heavy atom. The smallest absolute Gasteiger partial charge is 0.267 e. The third kappa shape index (κ3) is 2.60. The number of amides is 1. The number of hydrogen-bond donors (Lipinski definition) is 1. The molecular weight excluding hydrogens is 304 g/mol. The van der Waals surface area contributed by atoms with Crippen molar-refractivity contribution in [3.63, 3.8) is 0 Å². The number of rotatable bonds is 5. The Balaban J connectivity index is 1.67. The fourth-order valence-corrected chi connectivity index (χ4v) is 3.41. The van der Waals surface area contributed by atoms with E-state index in [4.69, 9.17) is 0 Å². The van der Waals surface area contributed by atoms with Gasteiger partial charge in [0, 0.05) is 23.3 Å². The highest BCUT2D eigenvalue weighted by atomic mass is 79.9. The summed E-state index contributed by atoms with van der Waals surface area (Å²) in [5.41, 5.74) is 1.18. The fourth-order valence-electron chi connectivity index (χ4n) is 2.97. The van der Waals surface area contributed by atoms with E-state index < -0.39 is 0 Å². The molecular formula is C15H21BrN2O. The number of carbonyl (C=O) groups excluding carboxylic acids is 1. The molecule has 2 aliphatic carbocycles. The predicted octanol–water partition coefficient (Wildman–Crippen LogP) is 3.90. The molecule has 1 amide bonds. The lowest BCUT2D eigenvalue weighted by Crippen LogP contribution is -2.42. The van der Waals surface area contributed by atoms with Crippen molar-refractivity contribution in [1.29, 1.82) is 0 Å². The van der Waals surface area contributed by atoms with E-state index in [1.165, 1.54) is 38.5 Å². The van der Waals surface area contributed by atoms with Crippen LogP contribution in [0.15, 0.2) is 16.7 Å². The molecule has 1 heterocycles. The lowest BCUT2D eigenvalue weighted by atomic mass is 9.67. The minimum atomic E-state index is 0.0809. The Kier molecular flexibility index (Phi) is 3.46. The van der Waals surface area contributed by atoms with Crippen LogP contribution in [0, 0.1) is 5.41 Å². The second-order valence-corrected chi connectivity index (χ2v) is 6.99. The maximum absolute atomic E-state index is 12.4. The molecule has 0 atom stereocenters. The van der Waals surface area contributed by atoms with Gasteiger partial charge in [0.25, 0.3) is 5.91 Å². The zero-order chi connectivity index (χ0) is 13.5. The van der Waals surface area contributed by atoms with Gasteiger partial charge in [0.2, 0.25) is 0 Å². The zero-order valence-electron chi connectivity index (χ0n) is 11.4. The van der Waals surface area contributed by atoms with E-state index >= 15 is 0 Å². The summed E-state index contributed by atoms with van der Waals surface area (Å²) in [6.45, 7) is 3.06. The molecule has 1 aromatic heterocycles. The van der Waals surface area contributed by atoms with Gasteiger partial charge in [0.05, 0.1) is 0 Å². The minimum Gasteiger partial charge on any atom is -0.350 e. The number of carbonyl (C=O) groups is 1. The fraction of sp³-hybridized carbons (Fsp3) is 0.667. The normalized spacial score (nSPS) is 20.9. The Morgan fingerprint density at radius 2 is 2.26 bits per heavy atom. The summed E-state index contributed by atoms with van der Waals surface area (Å²) in [6, 6.07) is 2.48. The summed E-state index contributed by atoms with van der Waals surface area (Å²) >= 11 is 3.48. The van der Waals surface area contributed by atoms with Crippen LogP contribution in [0.1, 0.15) is 62.0 Å². The molecule has 3 nitrogen and oxygen atoms in total. The van der Waals surface area contributed by atoms with Gasteiger partial charge in [-0.2, -0.15) is 0 Å². The lowest BCUT2D eigenvalue weighted by molar-refractivity contribution is 0.0841. The zero-order valence-corrected chi connectivity index (χ0v) is 13.0. The average Bonchev–Trinajstić information content (AvgIpc) is 3.11. The summed E-state index contributed by atoms with van der Waals surface area (Å²) in [4.78, 5) is 12.4. The molecule has 0 unspecified atom stereocenters. The maximum atomic E-state index is 12.4. The van der Waals surface area contributed by atoms with Crippen LogP contribution in [0.25, 0.3) is 0 Å². The third-order valence-electron chi connectivity index (χ3n) is 4.78. The van der Waals surface area contributed by atoms with Crippen LogP contribution in [0.2, 0.25) is 0 Å². The number of hydrogen-bond acceptors (Lipinski definition) is 1. The van der Waals surface area contributed by atoms with Crippen molar-refractivity contribution >= 4 is 21.8 Å². The van der Waals surface area contributed by atoms with Crippen LogP contribution >= 0.6 is 15.9 Å². The van der Waals surface area contributed by atoms with Gasteiger partial charge >= 0.3 is 0 Å². The molecule has 0 aromatic carbocycles. The Bertz CT molecular complexity index is 481. The van der Waals surface area contributed by atoms with E-state index in [2.05, 4.69) is 32.7 Å². The van der Waals surface area contributed by atoms with E-state index in [0.29, 0.717) is 11.5 Å². The van der Waals surface area contributed by atoms with Gasteiger partial charge in [-0.3, -0.25) is 4.79 Å². The van der Waals surface area contributed by atoms with Crippen molar-refractivity contribution in [3.05, 3.63) is 22.4 Å². The second-order valence-electron chi connectivity index (χ2n) is 6.07. The van der Waals surface area contributed by atoms with E-state index in [1.54, 1.807) is 0 Å². The quantitative estimate of drug-likeness (QED) is 0.875. The van der Waals surface area contributed by atoms with Gasteiger partial charge < -0.3 is 9.88 Å². The summed E-state index contributed by atoms with van der Waals surface area (Å²) in [6.07, 6.45) is 9.43. The van der Waals surface area contributed by atoms with Gasteiger partial charge in [-0.1, -0.05) is 13.3 Å². The van der Waals surface area contributed by atoms with Crippen molar-refractivity contribution < 1.29 is 4.79 Å². The molecule has 2 saturated carbocycles. The molecule has 0 bridgehead atoms. The molecule has 0 saturated heterocycles. The maximum Gasteiger partial charge on any atom is 0.267 e. The molecule has 2 fully saturated rings. The first-order chi connectivity index (χ1) is 9.13. The minimum absolute atomic E-state index is 0.0809. The highest BCUT2D eigenvalue weighted by Gasteiger charge is 2.35. The lowest BCUT2D eigenvalue weighted by Gasteiger charge is -2.41. The summed E-state index contributed by atoms with van der Waals surface area (Å²) in [7, 11) is 0. The van der Waals surface area contributed by atoms with Gasteiger partial charge in [0.1, 0.15) is 5.69 Å². The van der Waals surface area contributed by atoms with E-state index in [1.807, 2.05) is 12.3 Å². The Morgan fingerprint density at radius 3 is 2.79 bits per heavy atom. The van der Waals surface area contributed by atoms with E-state index in [9.17, 15) is 4.79 Å². The number of nitrogens with zero attached hydrogens (tertiary/aromatic N) is 1. The third-order valence-corrected chi connectivity index (χ3v) is 5.21. The first kappa shape index (κ1) is 13.2. The Labute approximate surface area is 122 Å². The van der Waals surface area contributed by atoms with Gasteiger partial charge in [0.15, 0.2) is 0 Å². The van der Waals surface area contributed by atoms with Crippen LogP contribution in [0.5, 0.6) is 0 Å². The van der Waals surface area contributed by atoms with Crippen LogP contribution in [-0.4, -0.2) is 17.0 Å². The van der Waals surface area contributed by atoms with E-state index in [0.717, 1.165) is 16.7 Å². The van der Waals surface area contributed by atoms with Crippen molar-refractivity contribution in [1.82, 2.24) is 9.88 Å². The van der Waals surface area contributed by atoms with E-state index in [-0.39, 0.29) is 5.91 Å². The largest absolute Gasteiger partial charge is 0.350 e. The first-order valence-electron chi connectivity index (χ1n) is 7.29. The molecule has 1 aromatic rings. The van der Waals surface area contributed by atoms with Crippen molar-refractivity contribution in [3.8, 4) is 0 Å². The highest BCUT2D eigenvalue weighted by molar-refractivity contribution is 9.10. The van der Waals surface area contributed by atoms with Crippen LogP contribution in [0.4, 0.5) is 0 Å². The predicted molar refractivity (Wildman–Crippen MR) is 79.3 cm³/mol. The van der Waals surface area contributed by atoms with Crippen LogP contribution in [0.3, 0.4) is 0 Å². The van der Waals surface area contributed by atoms with Crippen molar-refractivity contribution in [2.24, 2.45) is 5.41 Å². The standard InChI is InChI=1S/C15H21BrN2O/c1-2-15(6-3-7-15)10-17-14(19)13-8-11(16)9-18(13)12-4-5-12/h8-9,12H,2-7,10H2,1H3,(H,17,19). The first-order valence-corrected chi connectivity index (χ1v) is 8.08. The molecule has 0 radical (unpaired) electrons. The van der Waals surface area contributed by atoms with Crippen molar-refractivity contribution in [2.75, 3.05) is 6.54 Å². The molecule has 3 rings (SSSR count). The topological polar surface area (TPSA) is 34.0 Å². The second kappa shape index (κ2) is 4.97. The number of nitrogens with one attached hydrogen (secondary N) is 1. The summed E-state index contributed by atoms with van der Waals surface area (Å²) in [5, 5.41) is 3.15. The molecule has 0 aliphatic heterocycles. The van der Waals surface area contributed by atoms with Crippen LogP contribution in [-0.2, 0) is 0 Å². The SMILES string of the molecule is CCC1(CNC(=O)c2cc(Br)cn2C2CC2)CCC1.